The molecule has 1 aromatic carbocycles. The summed E-state index contributed by atoms with van der Waals surface area (Å²) in [6.45, 7) is 7.57. The molecule has 1 heterocycles. The molecular weight excluding hydrogens is 304 g/mol. The Balaban J connectivity index is 1.68. The van der Waals surface area contributed by atoms with Gasteiger partial charge in [-0.05, 0) is 42.2 Å². The maximum Gasteiger partial charge on any atom is 0.260 e. The van der Waals surface area contributed by atoms with Gasteiger partial charge in [-0.15, -0.1) is 0 Å². The van der Waals surface area contributed by atoms with E-state index in [0.29, 0.717) is 17.4 Å². The number of likely N-dealkylation sites (tertiary alicyclic amines) is 1. The summed E-state index contributed by atoms with van der Waals surface area (Å²) in [7, 11) is 0. The van der Waals surface area contributed by atoms with Crippen LogP contribution >= 0.6 is 0 Å². The molecule has 1 saturated carbocycles. The lowest BCUT2D eigenvalue weighted by Crippen LogP contribution is -2.40. The average molecular weight is 330 g/mol. The first-order chi connectivity index (χ1) is 11.2. The molecule has 3 rings (SSSR count). The summed E-state index contributed by atoms with van der Waals surface area (Å²) in [5, 5.41) is 0. The summed E-state index contributed by atoms with van der Waals surface area (Å²) >= 11 is 0. The number of hydrogen-bond acceptors (Lipinski definition) is 3. The number of primary amides is 1. The molecule has 1 saturated heterocycles. The van der Waals surface area contributed by atoms with Crippen LogP contribution in [-0.2, 0) is 4.79 Å². The number of ether oxygens (including phenoxy) is 1. The Kier molecular flexibility index (Phi) is 4.06. The van der Waals surface area contributed by atoms with Gasteiger partial charge in [0.25, 0.3) is 11.8 Å². The first-order valence-corrected chi connectivity index (χ1v) is 8.50. The molecule has 130 valence electrons. The summed E-state index contributed by atoms with van der Waals surface area (Å²) in [6, 6.07) is 7.05. The number of amides is 2. The summed E-state index contributed by atoms with van der Waals surface area (Å²) in [5.41, 5.74) is 6.12. The predicted molar refractivity (Wildman–Crippen MR) is 91.7 cm³/mol. The van der Waals surface area contributed by atoms with Crippen molar-refractivity contribution in [2.75, 3.05) is 13.2 Å². The van der Waals surface area contributed by atoms with Gasteiger partial charge in [0.05, 0.1) is 5.56 Å². The second-order valence-corrected chi connectivity index (χ2v) is 8.38. The second-order valence-electron chi connectivity index (χ2n) is 8.38. The maximum absolute atomic E-state index is 12.7. The number of nitrogens with zero attached hydrogens (tertiary/aromatic N) is 1. The lowest BCUT2D eigenvalue weighted by atomic mass is 9.65. The lowest BCUT2D eigenvalue weighted by Gasteiger charge is -2.39. The zero-order chi connectivity index (χ0) is 17.5. The molecule has 5 heteroatoms. The molecule has 2 atom stereocenters. The van der Waals surface area contributed by atoms with Crippen LogP contribution in [0.2, 0.25) is 0 Å². The summed E-state index contributed by atoms with van der Waals surface area (Å²) in [6.07, 6.45) is 3.25. The van der Waals surface area contributed by atoms with E-state index in [2.05, 4.69) is 20.8 Å². The van der Waals surface area contributed by atoms with Crippen molar-refractivity contribution in [3.8, 4) is 5.75 Å². The van der Waals surface area contributed by atoms with Crippen LogP contribution in [0.5, 0.6) is 5.75 Å². The number of hydrogen-bond donors (Lipinski definition) is 1. The van der Waals surface area contributed by atoms with Gasteiger partial charge in [0.2, 0.25) is 0 Å². The van der Waals surface area contributed by atoms with Crippen molar-refractivity contribution in [1.29, 1.82) is 0 Å². The normalized spacial score (nSPS) is 27.8. The number of fused-ring (bicyclic) bond motifs is 2. The van der Waals surface area contributed by atoms with Crippen molar-refractivity contribution >= 4 is 11.8 Å². The van der Waals surface area contributed by atoms with Crippen molar-refractivity contribution in [1.82, 2.24) is 4.90 Å². The van der Waals surface area contributed by atoms with Crippen LogP contribution in [0.15, 0.2) is 24.3 Å². The minimum Gasteiger partial charge on any atom is -0.483 e. The topological polar surface area (TPSA) is 72.6 Å². The summed E-state index contributed by atoms with van der Waals surface area (Å²) in [4.78, 5) is 26.1. The maximum atomic E-state index is 12.7. The summed E-state index contributed by atoms with van der Waals surface area (Å²) < 4.78 is 5.61. The third-order valence-corrected chi connectivity index (χ3v) is 5.24. The molecular formula is C19H26N2O3. The lowest BCUT2D eigenvalue weighted by molar-refractivity contribution is -0.134. The van der Waals surface area contributed by atoms with E-state index in [4.69, 9.17) is 10.5 Å². The van der Waals surface area contributed by atoms with Gasteiger partial charge in [-0.25, -0.2) is 0 Å². The first-order valence-electron chi connectivity index (χ1n) is 8.50. The molecule has 0 unspecified atom stereocenters. The van der Waals surface area contributed by atoms with Gasteiger partial charge in [-0.1, -0.05) is 32.9 Å². The Morgan fingerprint density at radius 2 is 1.96 bits per heavy atom. The van der Waals surface area contributed by atoms with Gasteiger partial charge in [0, 0.05) is 12.6 Å². The van der Waals surface area contributed by atoms with Crippen LogP contribution in [0, 0.1) is 10.8 Å². The zero-order valence-electron chi connectivity index (χ0n) is 14.7. The van der Waals surface area contributed by atoms with Gasteiger partial charge < -0.3 is 15.4 Å². The molecule has 1 aromatic rings. The smallest absolute Gasteiger partial charge is 0.260 e. The van der Waals surface area contributed by atoms with Crippen molar-refractivity contribution < 1.29 is 14.3 Å². The monoisotopic (exact) mass is 330 g/mol. The molecule has 2 fully saturated rings. The van der Waals surface area contributed by atoms with E-state index in [1.165, 1.54) is 0 Å². The second kappa shape index (κ2) is 5.80. The molecule has 24 heavy (non-hydrogen) atoms. The third kappa shape index (κ3) is 3.25. The molecule has 2 N–H and O–H groups in total. The number of para-hydroxylation sites is 1. The van der Waals surface area contributed by atoms with Crippen LogP contribution in [-0.4, -0.2) is 35.9 Å². The molecule has 0 radical (unpaired) electrons. The zero-order valence-corrected chi connectivity index (χ0v) is 14.7. The molecule has 1 aliphatic carbocycles. The largest absolute Gasteiger partial charge is 0.483 e. The highest BCUT2D eigenvalue weighted by molar-refractivity contribution is 5.95. The number of carbonyl (C=O) groups excluding carboxylic acids is 2. The fourth-order valence-electron chi connectivity index (χ4n) is 4.77. The van der Waals surface area contributed by atoms with Crippen molar-refractivity contribution in [3.63, 3.8) is 0 Å². The number of carbonyl (C=O) groups is 2. The van der Waals surface area contributed by atoms with Crippen molar-refractivity contribution in [3.05, 3.63) is 29.8 Å². The number of benzene rings is 1. The number of rotatable bonds is 4. The van der Waals surface area contributed by atoms with Crippen LogP contribution < -0.4 is 10.5 Å². The Bertz CT molecular complexity index is 670. The van der Waals surface area contributed by atoms with Gasteiger partial charge in [0.1, 0.15) is 5.75 Å². The van der Waals surface area contributed by atoms with E-state index >= 15 is 0 Å². The Hall–Kier alpha value is -2.04. The molecule has 0 spiro atoms. The van der Waals surface area contributed by atoms with E-state index in [-0.39, 0.29) is 23.3 Å². The van der Waals surface area contributed by atoms with Crippen molar-refractivity contribution in [2.45, 2.75) is 46.1 Å². The molecule has 2 amide bonds. The minimum atomic E-state index is -0.552. The van der Waals surface area contributed by atoms with Gasteiger partial charge >= 0.3 is 0 Å². The first kappa shape index (κ1) is 16.8. The van der Waals surface area contributed by atoms with E-state index in [0.717, 1.165) is 25.8 Å². The number of nitrogens with two attached hydrogens (primary N) is 1. The summed E-state index contributed by atoms with van der Waals surface area (Å²) in [5.74, 6) is -0.197. The molecule has 1 aliphatic heterocycles. The molecule has 2 bridgehead atoms. The highest BCUT2D eigenvalue weighted by Gasteiger charge is 2.50. The Morgan fingerprint density at radius 1 is 1.25 bits per heavy atom. The quantitative estimate of drug-likeness (QED) is 0.922. The highest BCUT2D eigenvalue weighted by Crippen LogP contribution is 2.52. The van der Waals surface area contributed by atoms with Crippen LogP contribution in [0.3, 0.4) is 0 Å². The third-order valence-electron chi connectivity index (χ3n) is 5.24. The minimum absolute atomic E-state index is 0.0132. The van der Waals surface area contributed by atoms with Crippen LogP contribution in [0.25, 0.3) is 0 Å². The van der Waals surface area contributed by atoms with Crippen molar-refractivity contribution in [2.24, 2.45) is 16.6 Å². The van der Waals surface area contributed by atoms with E-state index in [1.807, 2.05) is 4.90 Å². The van der Waals surface area contributed by atoms with E-state index in [9.17, 15) is 9.59 Å². The fraction of sp³-hybridized carbons (Fsp3) is 0.579. The van der Waals surface area contributed by atoms with Gasteiger partial charge in [0.15, 0.2) is 6.61 Å². The SMILES string of the molecule is CC1(C)C[C@H]2C[C@](C)(CN2C(=O)COc2ccccc2C(N)=O)C1. The Morgan fingerprint density at radius 3 is 2.67 bits per heavy atom. The predicted octanol–water partition coefficient (Wildman–Crippen LogP) is 2.59. The van der Waals surface area contributed by atoms with Gasteiger partial charge in [-0.3, -0.25) is 9.59 Å². The standard InChI is InChI=1S/C19H26N2O3/c1-18(2)8-13-9-19(3,11-18)12-21(13)16(22)10-24-15-7-5-4-6-14(15)17(20)23/h4-7,13H,8-12H2,1-3H3,(H2,20,23)/t13-,19-/m0/s1. The van der Waals surface area contributed by atoms with Crippen LogP contribution in [0.4, 0.5) is 0 Å². The fourth-order valence-corrected chi connectivity index (χ4v) is 4.77. The molecule has 5 nitrogen and oxygen atoms in total. The highest BCUT2D eigenvalue weighted by atomic mass is 16.5. The van der Waals surface area contributed by atoms with E-state index < -0.39 is 5.91 Å². The molecule has 2 aliphatic rings. The van der Waals surface area contributed by atoms with Gasteiger partial charge in [-0.2, -0.15) is 0 Å². The average Bonchev–Trinajstić information content (AvgIpc) is 2.74. The molecule has 0 aromatic heterocycles. The van der Waals surface area contributed by atoms with Crippen LogP contribution in [0.1, 0.15) is 50.4 Å². The van der Waals surface area contributed by atoms with E-state index in [1.54, 1.807) is 24.3 Å². The Labute approximate surface area is 143 Å².